The molecule has 0 N–H and O–H groups in total. The van der Waals surface area contributed by atoms with Crippen LogP contribution >= 0.6 is 0 Å². The summed E-state index contributed by atoms with van der Waals surface area (Å²) in [6, 6.07) is 18.2. The molecule has 2 aromatic rings. The summed E-state index contributed by atoms with van der Waals surface area (Å²) in [5.41, 5.74) is 3.16. The fourth-order valence-corrected chi connectivity index (χ4v) is 3.18. The molecule has 1 aliphatic heterocycles. The van der Waals surface area contributed by atoms with Crippen molar-refractivity contribution < 1.29 is 4.79 Å². The van der Waals surface area contributed by atoms with Crippen LogP contribution in [0.1, 0.15) is 28.8 Å². The Balaban J connectivity index is 1.71. The largest absolute Gasteiger partial charge is 0.372 e. The molecule has 118 valence electrons. The van der Waals surface area contributed by atoms with Crippen molar-refractivity contribution in [2.75, 3.05) is 18.0 Å². The van der Waals surface area contributed by atoms with Gasteiger partial charge in [0, 0.05) is 30.3 Å². The van der Waals surface area contributed by atoms with E-state index < -0.39 is 0 Å². The van der Waals surface area contributed by atoms with E-state index >= 15 is 0 Å². The van der Waals surface area contributed by atoms with Gasteiger partial charge in [-0.15, -0.1) is 6.58 Å². The van der Waals surface area contributed by atoms with Gasteiger partial charge in [0.1, 0.15) is 0 Å². The number of nitrogens with zero attached hydrogens (tertiary/aromatic N) is 1. The van der Waals surface area contributed by atoms with Gasteiger partial charge >= 0.3 is 0 Å². The molecular weight excluding hydrogens is 282 g/mol. The number of hydrogen-bond donors (Lipinski definition) is 0. The van der Waals surface area contributed by atoms with E-state index in [-0.39, 0.29) is 11.7 Å². The summed E-state index contributed by atoms with van der Waals surface area (Å²) in [4.78, 5) is 15.1. The van der Waals surface area contributed by atoms with Crippen molar-refractivity contribution in [3.8, 4) is 0 Å². The van der Waals surface area contributed by atoms with Gasteiger partial charge in [0.15, 0.2) is 5.78 Å². The van der Waals surface area contributed by atoms with E-state index in [1.54, 1.807) is 6.08 Å². The van der Waals surface area contributed by atoms with Crippen LogP contribution in [0.25, 0.3) is 0 Å². The molecule has 1 saturated heterocycles. The van der Waals surface area contributed by atoms with Gasteiger partial charge in [-0.05, 0) is 49.1 Å². The monoisotopic (exact) mass is 305 g/mol. The molecule has 3 rings (SSSR count). The molecule has 1 fully saturated rings. The summed E-state index contributed by atoms with van der Waals surface area (Å²) in [5, 5.41) is 0. The molecule has 1 atom stereocenters. The number of rotatable bonds is 6. The molecule has 2 heteroatoms. The van der Waals surface area contributed by atoms with Crippen molar-refractivity contribution in [3.05, 3.63) is 78.4 Å². The van der Waals surface area contributed by atoms with Crippen molar-refractivity contribution in [1.82, 2.24) is 0 Å². The third kappa shape index (κ3) is 3.70. The number of carbonyl (C=O) groups is 1. The first-order chi connectivity index (χ1) is 11.3. The Labute approximate surface area is 138 Å². The zero-order chi connectivity index (χ0) is 16.1. The van der Waals surface area contributed by atoms with E-state index in [1.807, 2.05) is 30.3 Å². The summed E-state index contributed by atoms with van der Waals surface area (Å²) in [6.45, 7) is 6.10. The standard InChI is InChI=1S/C21H23NO/c1-2-18(16-17-8-4-3-5-9-17)21(23)19-10-12-20(13-11-19)22-14-6-7-15-22/h2-5,8-13,18H,1,6-7,14-16H2. The maximum Gasteiger partial charge on any atom is 0.170 e. The van der Waals surface area contributed by atoms with Crippen LogP contribution in [0.4, 0.5) is 5.69 Å². The Bertz CT molecular complexity index is 654. The number of ketones is 1. The van der Waals surface area contributed by atoms with Gasteiger partial charge in [-0.25, -0.2) is 0 Å². The molecule has 0 amide bonds. The zero-order valence-corrected chi connectivity index (χ0v) is 13.4. The molecule has 0 bridgehead atoms. The lowest BCUT2D eigenvalue weighted by molar-refractivity contribution is 0.0945. The summed E-state index contributed by atoms with van der Waals surface area (Å²) < 4.78 is 0. The summed E-state index contributed by atoms with van der Waals surface area (Å²) in [7, 11) is 0. The van der Waals surface area contributed by atoms with Gasteiger partial charge in [-0.3, -0.25) is 4.79 Å². The highest BCUT2D eigenvalue weighted by Crippen LogP contribution is 2.22. The average Bonchev–Trinajstić information content (AvgIpc) is 3.15. The summed E-state index contributed by atoms with van der Waals surface area (Å²) >= 11 is 0. The third-order valence-corrected chi connectivity index (χ3v) is 4.54. The number of benzene rings is 2. The first-order valence-electron chi connectivity index (χ1n) is 8.33. The van der Waals surface area contributed by atoms with Crippen molar-refractivity contribution in [3.63, 3.8) is 0 Å². The average molecular weight is 305 g/mol. The zero-order valence-electron chi connectivity index (χ0n) is 13.4. The molecule has 23 heavy (non-hydrogen) atoms. The van der Waals surface area contributed by atoms with Crippen LogP contribution in [-0.2, 0) is 6.42 Å². The Morgan fingerprint density at radius 2 is 1.70 bits per heavy atom. The molecule has 0 aliphatic carbocycles. The molecule has 0 radical (unpaired) electrons. The van der Waals surface area contributed by atoms with Crippen molar-refractivity contribution in [1.29, 1.82) is 0 Å². The topological polar surface area (TPSA) is 20.3 Å². The second-order valence-corrected chi connectivity index (χ2v) is 6.14. The number of hydrogen-bond acceptors (Lipinski definition) is 2. The molecule has 0 saturated carbocycles. The molecule has 0 aromatic heterocycles. The van der Waals surface area contributed by atoms with E-state index in [0.717, 1.165) is 18.7 Å². The Morgan fingerprint density at radius 1 is 1.04 bits per heavy atom. The fourth-order valence-electron chi connectivity index (χ4n) is 3.18. The van der Waals surface area contributed by atoms with Gasteiger partial charge in [0.25, 0.3) is 0 Å². The van der Waals surface area contributed by atoms with Crippen molar-refractivity contribution >= 4 is 11.5 Å². The smallest absolute Gasteiger partial charge is 0.170 e. The molecule has 2 aromatic carbocycles. The lowest BCUT2D eigenvalue weighted by atomic mass is 9.91. The van der Waals surface area contributed by atoms with Crippen LogP contribution in [0.5, 0.6) is 0 Å². The third-order valence-electron chi connectivity index (χ3n) is 4.54. The maximum absolute atomic E-state index is 12.7. The lowest BCUT2D eigenvalue weighted by Gasteiger charge is -2.18. The SMILES string of the molecule is C=CC(Cc1ccccc1)C(=O)c1ccc(N2CCCC2)cc1. The van der Waals surface area contributed by atoms with Crippen molar-refractivity contribution in [2.24, 2.45) is 5.92 Å². The predicted molar refractivity (Wildman–Crippen MR) is 96.1 cm³/mol. The van der Waals surface area contributed by atoms with E-state index in [9.17, 15) is 4.79 Å². The van der Waals surface area contributed by atoms with Crippen LogP contribution in [0.2, 0.25) is 0 Å². The highest BCUT2D eigenvalue weighted by Gasteiger charge is 2.18. The summed E-state index contributed by atoms with van der Waals surface area (Å²) in [5.74, 6) is -0.0214. The Kier molecular flexibility index (Phi) is 4.92. The fraction of sp³-hybridized carbons (Fsp3) is 0.286. The minimum atomic E-state index is -0.171. The normalized spacial score (nSPS) is 15.4. The lowest BCUT2D eigenvalue weighted by Crippen LogP contribution is -2.18. The minimum Gasteiger partial charge on any atom is -0.372 e. The van der Waals surface area contributed by atoms with Crippen LogP contribution in [0, 0.1) is 5.92 Å². The Morgan fingerprint density at radius 3 is 2.30 bits per heavy atom. The van der Waals surface area contributed by atoms with E-state index in [0.29, 0.717) is 6.42 Å². The van der Waals surface area contributed by atoms with E-state index in [4.69, 9.17) is 0 Å². The van der Waals surface area contributed by atoms with Gasteiger partial charge in [0.05, 0.1) is 0 Å². The first-order valence-corrected chi connectivity index (χ1v) is 8.33. The van der Waals surface area contributed by atoms with E-state index in [1.165, 1.54) is 24.1 Å². The Hall–Kier alpha value is -2.35. The summed E-state index contributed by atoms with van der Waals surface area (Å²) in [6.07, 6.45) is 4.99. The van der Waals surface area contributed by atoms with Crippen LogP contribution in [0.15, 0.2) is 67.3 Å². The molecule has 0 spiro atoms. The van der Waals surface area contributed by atoms with Gasteiger partial charge in [0.2, 0.25) is 0 Å². The van der Waals surface area contributed by atoms with Crippen LogP contribution in [-0.4, -0.2) is 18.9 Å². The number of allylic oxidation sites excluding steroid dienone is 1. The second kappa shape index (κ2) is 7.28. The highest BCUT2D eigenvalue weighted by atomic mass is 16.1. The molecule has 1 aliphatic rings. The van der Waals surface area contributed by atoms with Crippen molar-refractivity contribution in [2.45, 2.75) is 19.3 Å². The number of carbonyl (C=O) groups excluding carboxylic acids is 1. The number of anilines is 1. The molecular formula is C21H23NO. The van der Waals surface area contributed by atoms with Crippen LogP contribution < -0.4 is 4.90 Å². The van der Waals surface area contributed by atoms with Gasteiger partial charge in [-0.2, -0.15) is 0 Å². The predicted octanol–water partition coefficient (Wildman–Crippen LogP) is 4.51. The minimum absolute atomic E-state index is 0.150. The van der Waals surface area contributed by atoms with Gasteiger partial charge in [-0.1, -0.05) is 36.4 Å². The quantitative estimate of drug-likeness (QED) is 0.578. The highest BCUT2D eigenvalue weighted by molar-refractivity contribution is 5.99. The van der Waals surface area contributed by atoms with Crippen LogP contribution in [0.3, 0.4) is 0 Å². The second-order valence-electron chi connectivity index (χ2n) is 6.14. The molecule has 1 heterocycles. The first kappa shape index (κ1) is 15.5. The number of Topliss-reactive ketones (excluding diaryl/α,β-unsaturated/α-hetero) is 1. The van der Waals surface area contributed by atoms with Gasteiger partial charge < -0.3 is 4.90 Å². The molecule has 2 nitrogen and oxygen atoms in total. The molecule has 1 unspecified atom stereocenters. The van der Waals surface area contributed by atoms with E-state index in [2.05, 4.69) is 35.7 Å². The maximum atomic E-state index is 12.7.